The number of carbonyl (C=O) groups excluding carboxylic acids is 1. The lowest BCUT2D eigenvalue weighted by Gasteiger charge is -2.29. The van der Waals surface area contributed by atoms with Crippen LogP contribution in [0.15, 0.2) is 24.3 Å². The first-order valence-electron chi connectivity index (χ1n) is 5.55. The fraction of sp³-hybridized carbons (Fsp3) is 0.462. The highest BCUT2D eigenvalue weighted by Gasteiger charge is 2.37. The third-order valence-electron chi connectivity index (χ3n) is 3.25. The zero-order chi connectivity index (χ0) is 12.2. The van der Waals surface area contributed by atoms with Gasteiger partial charge in [0.25, 0.3) is 0 Å². The first kappa shape index (κ1) is 12.6. The minimum Gasteiger partial charge on any atom is -0.468 e. The average Bonchev–Trinajstić information content (AvgIpc) is 2.33. The Morgan fingerprint density at radius 3 is 2.12 bits per heavy atom. The van der Waals surface area contributed by atoms with E-state index in [0.717, 1.165) is 18.4 Å². The Balaban J connectivity index is 3.20. The van der Waals surface area contributed by atoms with Gasteiger partial charge in [0.15, 0.2) is 0 Å². The van der Waals surface area contributed by atoms with Gasteiger partial charge < -0.3 is 10.5 Å². The molecule has 3 heteroatoms. The van der Waals surface area contributed by atoms with Crippen molar-refractivity contribution in [2.45, 2.75) is 32.1 Å². The summed E-state index contributed by atoms with van der Waals surface area (Å²) in [5.74, 6) is -0.178. The van der Waals surface area contributed by atoms with E-state index in [1.54, 1.807) is 0 Å². The van der Waals surface area contributed by atoms with Crippen molar-refractivity contribution in [1.82, 2.24) is 0 Å². The van der Waals surface area contributed by atoms with Crippen LogP contribution in [-0.2, 0) is 14.9 Å². The SMILES string of the molecule is CCC(CC)(C(=O)OC)c1ccc(N)cc1. The second-order valence-corrected chi connectivity index (χ2v) is 3.90. The lowest BCUT2D eigenvalue weighted by atomic mass is 9.76. The summed E-state index contributed by atoms with van der Waals surface area (Å²) in [4.78, 5) is 11.9. The van der Waals surface area contributed by atoms with Crippen molar-refractivity contribution in [3.8, 4) is 0 Å². The molecule has 0 aliphatic heterocycles. The van der Waals surface area contributed by atoms with Crippen LogP contribution in [-0.4, -0.2) is 13.1 Å². The third kappa shape index (κ3) is 2.03. The van der Waals surface area contributed by atoms with E-state index in [9.17, 15) is 4.79 Å². The van der Waals surface area contributed by atoms with Crippen molar-refractivity contribution in [2.75, 3.05) is 12.8 Å². The maximum absolute atomic E-state index is 11.9. The number of carbonyl (C=O) groups is 1. The van der Waals surface area contributed by atoms with Gasteiger partial charge in [-0.05, 0) is 30.5 Å². The van der Waals surface area contributed by atoms with Gasteiger partial charge in [0.05, 0.1) is 12.5 Å². The number of hydrogen-bond donors (Lipinski definition) is 1. The molecule has 0 atom stereocenters. The summed E-state index contributed by atoms with van der Waals surface area (Å²) in [5.41, 5.74) is 6.78. The van der Waals surface area contributed by atoms with Crippen molar-refractivity contribution < 1.29 is 9.53 Å². The Morgan fingerprint density at radius 1 is 1.25 bits per heavy atom. The predicted octanol–water partition coefficient (Wildman–Crippen LogP) is 2.50. The van der Waals surface area contributed by atoms with Gasteiger partial charge in [-0.1, -0.05) is 26.0 Å². The minimum atomic E-state index is -0.539. The van der Waals surface area contributed by atoms with E-state index in [-0.39, 0.29) is 5.97 Å². The summed E-state index contributed by atoms with van der Waals surface area (Å²) < 4.78 is 4.91. The van der Waals surface area contributed by atoms with Gasteiger partial charge in [0.2, 0.25) is 0 Å². The summed E-state index contributed by atoms with van der Waals surface area (Å²) in [7, 11) is 1.43. The van der Waals surface area contributed by atoms with Crippen molar-refractivity contribution in [3.63, 3.8) is 0 Å². The van der Waals surface area contributed by atoms with Gasteiger partial charge in [-0.3, -0.25) is 4.79 Å². The van der Waals surface area contributed by atoms with Crippen LogP contribution >= 0.6 is 0 Å². The maximum Gasteiger partial charge on any atom is 0.316 e. The number of benzene rings is 1. The number of methoxy groups -OCH3 is 1. The third-order valence-corrected chi connectivity index (χ3v) is 3.25. The summed E-state index contributed by atoms with van der Waals surface area (Å²) >= 11 is 0. The largest absolute Gasteiger partial charge is 0.468 e. The first-order chi connectivity index (χ1) is 7.60. The molecular weight excluding hydrogens is 202 g/mol. The lowest BCUT2D eigenvalue weighted by molar-refractivity contribution is -0.148. The summed E-state index contributed by atoms with van der Waals surface area (Å²) in [6, 6.07) is 7.44. The van der Waals surface area contributed by atoms with Crippen LogP contribution in [0.3, 0.4) is 0 Å². The highest BCUT2D eigenvalue weighted by molar-refractivity contribution is 5.83. The van der Waals surface area contributed by atoms with Gasteiger partial charge in [-0.25, -0.2) is 0 Å². The van der Waals surface area contributed by atoms with E-state index in [4.69, 9.17) is 10.5 Å². The van der Waals surface area contributed by atoms with E-state index in [1.165, 1.54) is 7.11 Å². The van der Waals surface area contributed by atoms with Crippen LogP contribution in [0, 0.1) is 0 Å². The topological polar surface area (TPSA) is 52.3 Å². The van der Waals surface area contributed by atoms with E-state index in [0.29, 0.717) is 5.69 Å². The first-order valence-corrected chi connectivity index (χ1v) is 5.55. The summed E-state index contributed by atoms with van der Waals surface area (Å²) in [6.45, 7) is 3.99. The zero-order valence-corrected chi connectivity index (χ0v) is 10.1. The molecule has 0 aliphatic rings. The van der Waals surface area contributed by atoms with E-state index >= 15 is 0 Å². The van der Waals surface area contributed by atoms with Gasteiger partial charge in [0, 0.05) is 5.69 Å². The maximum atomic E-state index is 11.9. The Kier molecular flexibility index (Phi) is 3.93. The minimum absolute atomic E-state index is 0.178. The molecule has 88 valence electrons. The molecule has 0 radical (unpaired) electrons. The van der Waals surface area contributed by atoms with Gasteiger partial charge in [0.1, 0.15) is 0 Å². The average molecular weight is 221 g/mol. The number of nitrogen functional groups attached to an aromatic ring is 1. The molecule has 0 aliphatic carbocycles. The Hall–Kier alpha value is -1.51. The van der Waals surface area contributed by atoms with E-state index in [2.05, 4.69) is 0 Å². The molecule has 0 fully saturated rings. The molecule has 0 unspecified atom stereocenters. The number of nitrogens with two attached hydrogens (primary N) is 1. The molecule has 3 nitrogen and oxygen atoms in total. The van der Waals surface area contributed by atoms with Crippen molar-refractivity contribution in [2.24, 2.45) is 0 Å². The fourth-order valence-corrected chi connectivity index (χ4v) is 2.06. The quantitative estimate of drug-likeness (QED) is 0.627. The number of anilines is 1. The highest BCUT2D eigenvalue weighted by atomic mass is 16.5. The van der Waals surface area contributed by atoms with Gasteiger partial charge >= 0.3 is 5.97 Å². The molecule has 0 spiro atoms. The Labute approximate surface area is 96.6 Å². The molecule has 0 heterocycles. The van der Waals surface area contributed by atoms with E-state index in [1.807, 2.05) is 38.1 Å². The molecule has 1 aromatic rings. The Bertz CT molecular complexity index is 353. The second-order valence-electron chi connectivity index (χ2n) is 3.90. The number of rotatable bonds is 4. The van der Waals surface area contributed by atoms with Crippen LogP contribution < -0.4 is 5.73 Å². The second kappa shape index (κ2) is 5.01. The lowest BCUT2D eigenvalue weighted by Crippen LogP contribution is -2.35. The molecule has 0 saturated carbocycles. The van der Waals surface area contributed by atoms with E-state index < -0.39 is 5.41 Å². The van der Waals surface area contributed by atoms with Crippen molar-refractivity contribution >= 4 is 11.7 Å². The smallest absolute Gasteiger partial charge is 0.316 e. The highest BCUT2D eigenvalue weighted by Crippen LogP contribution is 2.33. The van der Waals surface area contributed by atoms with Crippen LogP contribution in [0.1, 0.15) is 32.3 Å². The monoisotopic (exact) mass is 221 g/mol. The van der Waals surface area contributed by atoms with Crippen LogP contribution in [0.2, 0.25) is 0 Å². The molecule has 16 heavy (non-hydrogen) atoms. The fourth-order valence-electron chi connectivity index (χ4n) is 2.06. The molecule has 2 N–H and O–H groups in total. The Morgan fingerprint density at radius 2 is 1.75 bits per heavy atom. The predicted molar refractivity (Wildman–Crippen MR) is 65.1 cm³/mol. The standard InChI is InChI=1S/C13H19NO2/c1-4-13(5-2,12(15)16-3)10-6-8-11(14)9-7-10/h6-9H,4-5,14H2,1-3H3. The molecule has 1 aromatic carbocycles. The van der Waals surface area contributed by atoms with Crippen molar-refractivity contribution in [1.29, 1.82) is 0 Å². The molecule has 0 saturated heterocycles. The van der Waals surface area contributed by atoms with Crippen LogP contribution in [0.25, 0.3) is 0 Å². The van der Waals surface area contributed by atoms with Crippen LogP contribution in [0.4, 0.5) is 5.69 Å². The molecule has 0 bridgehead atoms. The molecular formula is C13H19NO2. The number of esters is 1. The van der Waals surface area contributed by atoms with Gasteiger partial charge in [-0.15, -0.1) is 0 Å². The zero-order valence-electron chi connectivity index (χ0n) is 10.1. The normalized spacial score (nSPS) is 11.2. The molecule has 0 amide bonds. The molecule has 1 rings (SSSR count). The van der Waals surface area contributed by atoms with Crippen molar-refractivity contribution in [3.05, 3.63) is 29.8 Å². The number of ether oxygens (including phenoxy) is 1. The number of hydrogen-bond acceptors (Lipinski definition) is 3. The van der Waals surface area contributed by atoms with Crippen LogP contribution in [0.5, 0.6) is 0 Å². The molecule has 0 aromatic heterocycles. The summed E-state index contributed by atoms with van der Waals surface area (Å²) in [5, 5.41) is 0. The summed E-state index contributed by atoms with van der Waals surface area (Å²) in [6.07, 6.45) is 1.44. The van der Waals surface area contributed by atoms with Gasteiger partial charge in [-0.2, -0.15) is 0 Å².